The lowest BCUT2D eigenvalue weighted by Crippen LogP contribution is -2.50. The van der Waals surface area contributed by atoms with Crippen LogP contribution in [0.15, 0.2) is 29.2 Å². The number of nitrogens with zero attached hydrogens (tertiary/aromatic N) is 3. The third-order valence-electron chi connectivity index (χ3n) is 4.90. The van der Waals surface area contributed by atoms with Crippen LogP contribution in [-0.4, -0.2) is 88.0 Å². The summed E-state index contributed by atoms with van der Waals surface area (Å²) in [5, 5.41) is 19.4. The summed E-state index contributed by atoms with van der Waals surface area (Å²) >= 11 is 0. The predicted molar refractivity (Wildman–Crippen MR) is 95.0 cm³/mol. The van der Waals surface area contributed by atoms with Crippen LogP contribution in [0.2, 0.25) is 0 Å². The summed E-state index contributed by atoms with van der Waals surface area (Å²) in [7, 11) is -1.76. The molecule has 142 valence electrons. The Labute approximate surface area is 154 Å². The quantitative estimate of drug-likeness (QED) is 0.690. The number of sulfonamides is 1. The van der Waals surface area contributed by atoms with E-state index in [0.29, 0.717) is 6.54 Å². The van der Waals surface area contributed by atoms with E-state index in [1.807, 2.05) is 6.07 Å². The Balaban J connectivity index is 1.61. The second kappa shape index (κ2) is 8.00. The maximum absolute atomic E-state index is 12.5. The number of aliphatic hydroxyl groups is 1. The Morgan fingerprint density at radius 1 is 1.35 bits per heavy atom. The average Bonchev–Trinajstić information content (AvgIpc) is 2.96. The van der Waals surface area contributed by atoms with Gasteiger partial charge in [-0.1, -0.05) is 6.07 Å². The second-order valence-corrected chi connectivity index (χ2v) is 8.55. The van der Waals surface area contributed by atoms with Crippen molar-refractivity contribution in [3.8, 4) is 6.07 Å². The van der Waals surface area contributed by atoms with E-state index in [2.05, 4.69) is 21.6 Å². The fourth-order valence-electron chi connectivity index (χ4n) is 3.23. The van der Waals surface area contributed by atoms with Crippen molar-refractivity contribution in [2.75, 3.05) is 46.4 Å². The van der Waals surface area contributed by atoms with Gasteiger partial charge in [-0.2, -0.15) is 5.26 Å². The number of ether oxygens (including phenoxy) is 1. The highest BCUT2D eigenvalue weighted by atomic mass is 32.2. The largest absolute Gasteiger partial charge is 0.389 e. The first kappa shape index (κ1) is 19.2. The van der Waals surface area contributed by atoms with Gasteiger partial charge in [0.2, 0.25) is 10.0 Å². The predicted octanol–water partition coefficient (Wildman–Crippen LogP) is -0.788. The van der Waals surface area contributed by atoms with E-state index in [-0.39, 0.29) is 17.1 Å². The number of likely N-dealkylation sites (N-methyl/N-ethyl adjacent to an activating group) is 1. The molecule has 3 atom stereocenters. The van der Waals surface area contributed by atoms with Crippen molar-refractivity contribution in [2.24, 2.45) is 0 Å². The summed E-state index contributed by atoms with van der Waals surface area (Å²) in [6, 6.07) is 7.01. The van der Waals surface area contributed by atoms with Crippen molar-refractivity contribution in [2.45, 2.75) is 23.1 Å². The molecule has 8 nitrogen and oxygen atoms in total. The molecule has 26 heavy (non-hydrogen) atoms. The van der Waals surface area contributed by atoms with Crippen LogP contribution in [0.25, 0.3) is 0 Å². The third kappa shape index (κ3) is 4.40. The lowest BCUT2D eigenvalue weighted by molar-refractivity contribution is 0.00636. The fraction of sp³-hybridized carbons (Fsp3) is 0.588. The molecule has 0 saturated carbocycles. The molecular formula is C17H24N4O4S. The molecule has 0 spiro atoms. The number of nitriles is 1. The number of nitrogens with one attached hydrogen (secondary N) is 1. The van der Waals surface area contributed by atoms with Gasteiger partial charge >= 0.3 is 0 Å². The molecule has 2 aliphatic rings. The highest BCUT2D eigenvalue weighted by molar-refractivity contribution is 7.89. The van der Waals surface area contributed by atoms with Crippen molar-refractivity contribution >= 4 is 10.0 Å². The Morgan fingerprint density at radius 2 is 2.08 bits per heavy atom. The zero-order valence-corrected chi connectivity index (χ0v) is 15.5. The molecule has 0 amide bonds. The van der Waals surface area contributed by atoms with E-state index < -0.39 is 28.3 Å². The summed E-state index contributed by atoms with van der Waals surface area (Å²) in [6.07, 6.45) is -1.33. The van der Waals surface area contributed by atoms with Crippen LogP contribution in [0.5, 0.6) is 0 Å². The number of benzene rings is 1. The Hall–Kier alpha value is -1.54. The second-order valence-electron chi connectivity index (χ2n) is 6.83. The lowest BCUT2D eigenvalue weighted by atomic mass is 10.1. The molecule has 0 bridgehead atoms. The van der Waals surface area contributed by atoms with Crippen LogP contribution in [0.4, 0.5) is 0 Å². The molecule has 2 heterocycles. The lowest BCUT2D eigenvalue weighted by Gasteiger charge is -2.34. The summed E-state index contributed by atoms with van der Waals surface area (Å²) in [4.78, 5) is 4.47. The topological polar surface area (TPSA) is 106 Å². The van der Waals surface area contributed by atoms with Crippen molar-refractivity contribution in [3.63, 3.8) is 0 Å². The standard InChI is InChI=1S/C17H24N4O4S/c1-20-5-7-21(8-6-20)11-16-17(22)15(12-25-16)19-26(23,24)14-4-2-3-13(9-14)10-18/h2-4,9,15-17,19,22H,5-8,11-12H2,1H3/t15-,16-,17+/m0/s1. The van der Waals surface area contributed by atoms with Gasteiger partial charge in [-0.3, -0.25) is 4.90 Å². The zero-order chi connectivity index (χ0) is 18.7. The van der Waals surface area contributed by atoms with E-state index in [1.165, 1.54) is 18.2 Å². The molecule has 1 aromatic rings. The number of hydrogen-bond acceptors (Lipinski definition) is 7. The Morgan fingerprint density at radius 3 is 2.77 bits per heavy atom. The minimum atomic E-state index is -3.83. The molecule has 2 fully saturated rings. The van der Waals surface area contributed by atoms with Gasteiger partial charge in [-0.05, 0) is 25.2 Å². The highest BCUT2D eigenvalue weighted by Gasteiger charge is 2.39. The Bertz CT molecular complexity index is 771. The number of piperazine rings is 1. The van der Waals surface area contributed by atoms with Crippen LogP contribution >= 0.6 is 0 Å². The maximum atomic E-state index is 12.5. The van der Waals surface area contributed by atoms with Gasteiger partial charge in [0.1, 0.15) is 0 Å². The zero-order valence-electron chi connectivity index (χ0n) is 14.7. The van der Waals surface area contributed by atoms with E-state index in [9.17, 15) is 13.5 Å². The van der Waals surface area contributed by atoms with Crippen LogP contribution in [0.1, 0.15) is 5.56 Å². The molecule has 0 aromatic heterocycles. The van der Waals surface area contributed by atoms with Crippen molar-refractivity contribution < 1.29 is 18.3 Å². The molecule has 0 aliphatic carbocycles. The molecule has 0 unspecified atom stereocenters. The van der Waals surface area contributed by atoms with Crippen LogP contribution in [0.3, 0.4) is 0 Å². The van der Waals surface area contributed by atoms with E-state index in [0.717, 1.165) is 26.2 Å². The first-order valence-corrected chi connectivity index (χ1v) is 10.1. The smallest absolute Gasteiger partial charge is 0.241 e. The molecule has 2 aliphatic heterocycles. The number of aliphatic hydroxyl groups excluding tert-OH is 1. The van der Waals surface area contributed by atoms with Crippen molar-refractivity contribution in [3.05, 3.63) is 29.8 Å². The summed E-state index contributed by atoms with van der Waals surface area (Å²) < 4.78 is 33.2. The van der Waals surface area contributed by atoms with Crippen molar-refractivity contribution in [1.29, 1.82) is 5.26 Å². The van der Waals surface area contributed by atoms with Gasteiger partial charge in [-0.15, -0.1) is 0 Å². The van der Waals surface area contributed by atoms with Crippen LogP contribution < -0.4 is 4.72 Å². The Kier molecular flexibility index (Phi) is 5.92. The SMILES string of the molecule is CN1CCN(C[C@@H]2OC[C@H](NS(=O)(=O)c3cccc(C#N)c3)[C@H]2O)CC1. The highest BCUT2D eigenvalue weighted by Crippen LogP contribution is 2.19. The minimum Gasteiger partial charge on any atom is -0.389 e. The van der Waals surface area contributed by atoms with Crippen molar-refractivity contribution in [1.82, 2.24) is 14.5 Å². The molecule has 2 saturated heterocycles. The van der Waals surface area contributed by atoms with Gasteiger partial charge in [0.05, 0.1) is 41.4 Å². The van der Waals surface area contributed by atoms with Gasteiger partial charge in [0.15, 0.2) is 0 Å². The molecule has 3 rings (SSSR count). The van der Waals surface area contributed by atoms with E-state index in [1.54, 1.807) is 6.07 Å². The van der Waals surface area contributed by atoms with Gasteiger partial charge < -0.3 is 14.7 Å². The molecular weight excluding hydrogens is 356 g/mol. The van der Waals surface area contributed by atoms with Crippen LogP contribution in [0, 0.1) is 11.3 Å². The monoisotopic (exact) mass is 380 g/mol. The number of hydrogen-bond donors (Lipinski definition) is 2. The summed E-state index contributed by atoms with van der Waals surface area (Å²) in [6.45, 7) is 4.44. The maximum Gasteiger partial charge on any atom is 0.241 e. The van der Waals surface area contributed by atoms with Crippen LogP contribution in [-0.2, 0) is 14.8 Å². The molecule has 2 N–H and O–H groups in total. The number of rotatable bonds is 5. The molecule has 0 radical (unpaired) electrons. The molecule has 1 aromatic carbocycles. The minimum absolute atomic E-state index is 0.00580. The fourth-order valence-corrected chi connectivity index (χ4v) is 4.51. The molecule has 9 heteroatoms. The van der Waals surface area contributed by atoms with Gasteiger partial charge in [0.25, 0.3) is 0 Å². The summed E-state index contributed by atoms with van der Waals surface area (Å²) in [5.41, 5.74) is 0.268. The van der Waals surface area contributed by atoms with E-state index in [4.69, 9.17) is 10.00 Å². The first-order chi connectivity index (χ1) is 12.4. The first-order valence-electron chi connectivity index (χ1n) is 8.62. The normalized spacial score (nSPS) is 28.1. The summed E-state index contributed by atoms with van der Waals surface area (Å²) in [5.74, 6) is 0. The van der Waals surface area contributed by atoms with Gasteiger partial charge in [0, 0.05) is 32.7 Å². The average molecular weight is 380 g/mol. The third-order valence-corrected chi connectivity index (χ3v) is 6.38. The van der Waals surface area contributed by atoms with E-state index >= 15 is 0 Å². The van der Waals surface area contributed by atoms with Gasteiger partial charge in [-0.25, -0.2) is 13.1 Å².